The molecule has 2 nitrogen and oxygen atoms in total. The smallest absolute Gasteiger partial charge is 0.229 e. The van der Waals surface area contributed by atoms with Crippen LogP contribution in [0.4, 0.5) is 0 Å². The molecule has 0 N–H and O–H groups in total. The maximum atomic E-state index is 12.7. The van der Waals surface area contributed by atoms with Gasteiger partial charge >= 0.3 is 0 Å². The highest BCUT2D eigenvalue weighted by Gasteiger charge is 2.54. The zero-order valence-electron chi connectivity index (χ0n) is 11.9. The van der Waals surface area contributed by atoms with Crippen molar-refractivity contribution in [2.75, 3.05) is 7.05 Å². The number of fused-ring (bicyclic) bond motifs is 1. The van der Waals surface area contributed by atoms with Gasteiger partial charge in [0.2, 0.25) is 5.91 Å². The summed E-state index contributed by atoms with van der Waals surface area (Å²) in [6.07, 6.45) is 5.85. The van der Waals surface area contributed by atoms with Crippen LogP contribution in [0.1, 0.15) is 38.2 Å². The molecule has 1 heterocycles. The Kier molecular flexibility index (Phi) is 3.12. The van der Waals surface area contributed by atoms with Gasteiger partial charge in [0.05, 0.1) is 5.41 Å². The molecule has 1 aromatic carbocycles. The summed E-state index contributed by atoms with van der Waals surface area (Å²) in [5.41, 5.74) is 1.10. The summed E-state index contributed by atoms with van der Waals surface area (Å²) in [4.78, 5) is 14.8. The van der Waals surface area contributed by atoms with Crippen molar-refractivity contribution < 1.29 is 4.79 Å². The van der Waals surface area contributed by atoms with E-state index in [9.17, 15) is 4.79 Å². The van der Waals surface area contributed by atoms with Gasteiger partial charge in [-0.25, -0.2) is 0 Å². The minimum atomic E-state index is -0.193. The van der Waals surface area contributed by atoms with Gasteiger partial charge in [0.15, 0.2) is 0 Å². The molecule has 102 valence electrons. The van der Waals surface area contributed by atoms with E-state index in [0.717, 1.165) is 6.42 Å². The van der Waals surface area contributed by atoms with Crippen molar-refractivity contribution in [1.29, 1.82) is 0 Å². The van der Waals surface area contributed by atoms with Crippen LogP contribution in [0.15, 0.2) is 30.3 Å². The van der Waals surface area contributed by atoms with Crippen LogP contribution in [0.3, 0.4) is 0 Å². The van der Waals surface area contributed by atoms with E-state index in [1.807, 2.05) is 18.0 Å². The Balaban J connectivity index is 1.90. The van der Waals surface area contributed by atoms with E-state index < -0.39 is 0 Å². The Labute approximate surface area is 115 Å². The topological polar surface area (TPSA) is 20.3 Å². The fraction of sp³-hybridized carbons (Fsp3) is 0.588. The molecule has 0 radical (unpaired) electrons. The fourth-order valence-electron chi connectivity index (χ4n) is 4.26. The van der Waals surface area contributed by atoms with E-state index in [-0.39, 0.29) is 5.41 Å². The summed E-state index contributed by atoms with van der Waals surface area (Å²) < 4.78 is 0. The van der Waals surface area contributed by atoms with Gasteiger partial charge < -0.3 is 4.90 Å². The highest BCUT2D eigenvalue weighted by molar-refractivity contribution is 5.85. The van der Waals surface area contributed by atoms with Gasteiger partial charge in [-0.1, -0.05) is 50.1 Å². The van der Waals surface area contributed by atoms with Gasteiger partial charge in [0, 0.05) is 13.1 Å². The summed E-state index contributed by atoms with van der Waals surface area (Å²) in [7, 11) is 2.00. The average molecular weight is 257 g/mol. The second-order valence-electron chi connectivity index (χ2n) is 6.45. The van der Waals surface area contributed by atoms with Crippen LogP contribution in [-0.2, 0) is 11.2 Å². The molecule has 2 heteroatoms. The summed E-state index contributed by atoms with van der Waals surface area (Å²) >= 11 is 0. The van der Waals surface area contributed by atoms with Gasteiger partial charge in [-0.15, -0.1) is 0 Å². The standard InChI is InChI=1S/C17H23NO/c1-17(12-13-8-4-3-5-9-13)14-10-6-7-11-15(14)18(2)16(17)19/h3-5,8-9,14-15H,6-7,10-12H2,1-2H3. The first-order chi connectivity index (χ1) is 9.13. The molecule has 1 aliphatic carbocycles. The van der Waals surface area contributed by atoms with E-state index in [4.69, 9.17) is 0 Å². The molecule has 1 saturated heterocycles. The van der Waals surface area contributed by atoms with E-state index in [2.05, 4.69) is 31.2 Å². The molecule has 1 aromatic rings. The number of likely N-dealkylation sites (tertiary alicyclic amines) is 1. The molecular weight excluding hydrogens is 234 g/mol. The van der Waals surface area contributed by atoms with Gasteiger partial charge in [-0.3, -0.25) is 4.79 Å². The lowest BCUT2D eigenvalue weighted by molar-refractivity contribution is -0.135. The van der Waals surface area contributed by atoms with Crippen molar-refractivity contribution in [2.24, 2.45) is 11.3 Å². The number of hydrogen-bond acceptors (Lipinski definition) is 1. The first kappa shape index (κ1) is 12.7. The second-order valence-corrected chi connectivity index (χ2v) is 6.45. The lowest BCUT2D eigenvalue weighted by Crippen LogP contribution is -2.35. The largest absolute Gasteiger partial charge is 0.342 e. The molecule has 3 atom stereocenters. The highest BCUT2D eigenvalue weighted by atomic mass is 16.2. The fourth-order valence-corrected chi connectivity index (χ4v) is 4.26. The third-order valence-corrected chi connectivity index (χ3v) is 5.27. The molecule has 1 amide bonds. The molecule has 0 aromatic heterocycles. The zero-order valence-corrected chi connectivity index (χ0v) is 11.9. The second kappa shape index (κ2) is 4.66. The molecule has 3 rings (SSSR count). The molecule has 2 fully saturated rings. The van der Waals surface area contributed by atoms with E-state index in [0.29, 0.717) is 17.9 Å². The number of benzene rings is 1. The van der Waals surface area contributed by atoms with Crippen molar-refractivity contribution in [3.63, 3.8) is 0 Å². The average Bonchev–Trinajstić information content (AvgIpc) is 2.63. The van der Waals surface area contributed by atoms with E-state index in [1.165, 1.54) is 31.2 Å². The number of nitrogens with zero attached hydrogens (tertiary/aromatic N) is 1. The predicted molar refractivity (Wildman–Crippen MR) is 76.8 cm³/mol. The molecule has 3 unspecified atom stereocenters. The van der Waals surface area contributed by atoms with Crippen LogP contribution in [0, 0.1) is 11.3 Å². The Morgan fingerprint density at radius 2 is 1.89 bits per heavy atom. The zero-order chi connectivity index (χ0) is 13.5. The third kappa shape index (κ3) is 1.98. The van der Waals surface area contributed by atoms with Crippen LogP contribution < -0.4 is 0 Å². The van der Waals surface area contributed by atoms with E-state index >= 15 is 0 Å². The van der Waals surface area contributed by atoms with Crippen molar-refractivity contribution in [3.8, 4) is 0 Å². The van der Waals surface area contributed by atoms with Crippen LogP contribution >= 0.6 is 0 Å². The lowest BCUT2D eigenvalue weighted by Gasteiger charge is -2.34. The van der Waals surface area contributed by atoms with Crippen LogP contribution in [0.2, 0.25) is 0 Å². The summed E-state index contributed by atoms with van der Waals surface area (Å²) in [6.45, 7) is 2.19. The van der Waals surface area contributed by atoms with Crippen molar-refractivity contribution in [1.82, 2.24) is 4.90 Å². The van der Waals surface area contributed by atoms with Gasteiger partial charge in [-0.2, -0.15) is 0 Å². The minimum absolute atomic E-state index is 0.193. The van der Waals surface area contributed by atoms with Crippen LogP contribution in [0.5, 0.6) is 0 Å². The SMILES string of the molecule is CN1C(=O)C(C)(Cc2ccccc2)C2CCCCC21. The molecular formula is C17H23NO. The summed E-state index contributed by atoms with van der Waals surface area (Å²) in [5.74, 6) is 0.896. The highest BCUT2D eigenvalue weighted by Crippen LogP contribution is 2.49. The molecule has 1 saturated carbocycles. The van der Waals surface area contributed by atoms with Crippen molar-refractivity contribution >= 4 is 5.91 Å². The van der Waals surface area contributed by atoms with Crippen LogP contribution in [0.25, 0.3) is 0 Å². The van der Waals surface area contributed by atoms with Gasteiger partial charge in [0.25, 0.3) is 0 Å². The summed E-state index contributed by atoms with van der Waals surface area (Å²) in [5, 5.41) is 0. The minimum Gasteiger partial charge on any atom is -0.342 e. The third-order valence-electron chi connectivity index (χ3n) is 5.27. The normalized spacial score (nSPS) is 34.4. The molecule has 0 spiro atoms. The van der Waals surface area contributed by atoms with Crippen molar-refractivity contribution in [3.05, 3.63) is 35.9 Å². The number of carbonyl (C=O) groups is 1. The van der Waals surface area contributed by atoms with E-state index in [1.54, 1.807) is 0 Å². The maximum Gasteiger partial charge on any atom is 0.229 e. The Morgan fingerprint density at radius 3 is 2.63 bits per heavy atom. The Hall–Kier alpha value is -1.31. The predicted octanol–water partition coefficient (Wildman–Crippen LogP) is 3.27. The first-order valence-corrected chi connectivity index (χ1v) is 7.44. The number of rotatable bonds is 2. The number of hydrogen-bond donors (Lipinski definition) is 0. The monoisotopic (exact) mass is 257 g/mol. The van der Waals surface area contributed by atoms with Crippen molar-refractivity contribution in [2.45, 2.75) is 45.1 Å². The number of amides is 1. The quantitative estimate of drug-likeness (QED) is 0.796. The Bertz CT molecular complexity index is 469. The molecule has 1 aliphatic heterocycles. The van der Waals surface area contributed by atoms with Gasteiger partial charge in [0.1, 0.15) is 0 Å². The summed E-state index contributed by atoms with van der Waals surface area (Å²) in [6, 6.07) is 11.0. The lowest BCUT2D eigenvalue weighted by atomic mass is 9.68. The van der Waals surface area contributed by atoms with Gasteiger partial charge in [-0.05, 0) is 30.7 Å². The first-order valence-electron chi connectivity index (χ1n) is 7.44. The van der Waals surface area contributed by atoms with Crippen LogP contribution in [-0.4, -0.2) is 23.9 Å². The molecule has 19 heavy (non-hydrogen) atoms. The maximum absolute atomic E-state index is 12.7. The molecule has 0 bridgehead atoms. The molecule has 2 aliphatic rings. The number of carbonyl (C=O) groups excluding carboxylic acids is 1. The Morgan fingerprint density at radius 1 is 1.21 bits per heavy atom.